The predicted molar refractivity (Wildman–Crippen MR) is 81.3 cm³/mol. The van der Waals surface area contributed by atoms with E-state index >= 15 is 0 Å². The topological polar surface area (TPSA) is 54.2 Å². The average Bonchev–Trinajstić information content (AvgIpc) is 2.89. The summed E-state index contributed by atoms with van der Waals surface area (Å²) in [4.78, 5) is 4.40. The molecule has 0 aliphatic carbocycles. The number of hydrogen-bond acceptors (Lipinski definition) is 2. The molecular formula is C15H20FN5. The van der Waals surface area contributed by atoms with Gasteiger partial charge in [-0.15, -0.1) is 0 Å². The van der Waals surface area contributed by atoms with Gasteiger partial charge in [0.1, 0.15) is 5.82 Å². The first-order chi connectivity index (χ1) is 10.2. The van der Waals surface area contributed by atoms with Crippen molar-refractivity contribution in [3.63, 3.8) is 0 Å². The number of nitrogens with zero attached hydrogens (tertiary/aromatic N) is 3. The van der Waals surface area contributed by atoms with Crippen LogP contribution in [-0.4, -0.2) is 22.3 Å². The van der Waals surface area contributed by atoms with Gasteiger partial charge in [0.25, 0.3) is 0 Å². The fourth-order valence-electron chi connectivity index (χ4n) is 1.88. The molecule has 2 aromatic rings. The molecule has 6 heteroatoms. The van der Waals surface area contributed by atoms with Crippen molar-refractivity contribution in [3.8, 4) is 0 Å². The summed E-state index contributed by atoms with van der Waals surface area (Å²) in [6.45, 7) is 3.64. The van der Waals surface area contributed by atoms with Crippen molar-refractivity contribution >= 4 is 5.96 Å². The zero-order valence-electron chi connectivity index (χ0n) is 12.3. The molecule has 1 aromatic heterocycles. The normalized spacial score (nSPS) is 11.5. The maximum atomic E-state index is 13.6. The van der Waals surface area contributed by atoms with Gasteiger partial charge in [0, 0.05) is 25.4 Å². The van der Waals surface area contributed by atoms with E-state index in [1.54, 1.807) is 23.0 Å². The highest BCUT2D eigenvalue weighted by atomic mass is 19.1. The number of aliphatic imine (C=N–C) groups is 1. The SMILES string of the molecule is CCNC(=NCc1ccccc1F)NCc1ccnn1C. The highest BCUT2D eigenvalue weighted by Crippen LogP contribution is 2.07. The van der Waals surface area contributed by atoms with E-state index in [0.29, 0.717) is 24.6 Å². The van der Waals surface area contributed by atoms with Crippen LogP contribution >= 0.6 is 0 Å². The van der Waals surface area contributed by atoms with Gasteiger partial charge in [-0.05, 0) is 19.1 Å². The zero-order chi connectivity index (χ0) is 15.1. The third-order valence-corrected chi connectivity index (χ3v) is 3.07. The van der Waals surface area contributed by atoms with Crippen LogP contribution in [0.5, 0.6) is 0 Å². The van der Waals surface area contributed by atoms with Crippen molar-refractivity contribution in [2.75, 3.05) is 6.54 Å². The number of aryl methyl sites for hydroxylation is 1. The van der Waals surface area contributed by atoms with Crippen LogP contribution in [0.25, 0.3) is 0 Å². The van der Waals surface area contributed by atoms with Gasteiger partial charge in [0.15, 0.2) is 5.96 Å². The van der Waals surface area contributed by atoms with Crippen molar-refractivity contribution in [2.24, 2.45) is 12.0 Å². The molecule has 0 atom stereocenters. The molecule has 21 heavy (non-hydrogen) atoms. The number of hydrogen-bond donors (Lipinski definition) is 2. The predicted octanol–water partition coefficient (Wildman–Crippen LogP) is 1.81. The average molecular weight is 289 g/mol. The Balaban J connectivity index is 1.99. The van der Waals surface area contributed by atoms with Crippen molar-refractivity contribution < 1.29 is 4.39 Å². The Morgan fingerprint density at radius 3 is 2.76 bits per heavy atom. The molecular weight excluding hydrogens is 269 g/mol. The van der Waals surface area contributed by atoms with E-state index in [1.165, 1.54) is 6.07 Å². The summed E-state index contributed by atoms with van der Waals surface area (Å²) in [5, 5.41) is 10.5. The summed E-state index contributed by atoms with van der Waals surface area (Å²) >= 11 is 0. The van der Waals surface area contributed by atoms with E-state index in [9.17, 15) is 4.39 Å². The lowest BCUT2D eigenvalue weighted by atomic mass is 10.2. The van der Waals surface area contributed by atoms with Gasteiger partial charge in [0.2, 0.25) is 0 Å². The Morgan fingerprint density at radius 1 is 1.29 bits per heavy atom. The van der Waals surface area contributed by atoms with Crippen LogP contribution in [-0.2, 0) is 20.1 Å². The summed E-state index contributed by atoms with van der Waals surface area (Å²) in [6, 6.07) is 8.61. The summed E-state index contributed by atoms with van der Waals surface area (Å²) < 4.78 is 15.4. The summed E-state index contributed by atoms with van der Waals surface area (Å²) in [5.41, 5.74) is 1.63. The van der Waals surface area contributed by atoms with Crippen molar-refractivity contribution in [3.05, 3.63) is 53.6 Å². The molecule has 1 aromatic carbocycles. The molecule has 0 unspecified atom stereocenters. The number of nitrogens with one attached hydrogen (secondary N) is 2. The zero-order valence-corrected chi connectivity index (χ0v) is 12.3. The van der Waals surface area contributed by atoms with Gasteiger partial charge in [-0.3, -0.25) is 4.68 Å². The minimum atomic E-state index is -0.233. The maximum Gasteiger partial charge on any atom is 0.191 e. The lowest BCUT2D eigenvalue weighted by Crippen LogP contribution is -2.37. The highest BCUT2D eigenvalue weighted by Gasteiger charge is 2.03. The van der Waals surface area contributed by atoms with Crippen LogP contribution in [0.2, 0.25) is 0 Å². The molecule has 0 aliphatic heterocycles. The molecule has 2 rings (SSSR count). The summed E-state index contributed by atoms with van der Waals surface area (Å²) in [7, 11) is 1.89. The minimum Gasteiger partial charge on any atom is -0.357 e. The molecule has 0 saturated heterocycles. The van der Waals surface area contributed by atoms with Gasteiger partial charge in [-0.1, -0.05) is 18.2 Å². The van der Waals surface area contributed by atoms with Gasteiger partial charge in [0.05, 0.1) is 18.8 Å². The second-order valence-corrected chi connectivity index (χ2v) is 4.59. The fraction of sp³-hybridized carbons (Fsp3) is 0.333. The molecule has 2 N–H and O–H groups in total. The molecule has 1 heterocycles. The van der Waals surface area contributed by atoms with Crippen LogP contribution in [0.15, 0.2) is 41.5 Å². The molecule has 0 spiro atoms. The van der Waals surface area contributed by atoms with Gasteiger partial charge < -0.3 is 10.6 Å². The number of aromatic nitrogens is 2. The van der Waals surface area contributed by atoms with Crippen molar-refractivity contribution in [2.45, 2.75) is 20.0 Å². The Morgan fingerprint density at radius 2 is 2.10 bits per heavy atom. The number of guanidine groups is 1. The molecule has 0 bridgehead atoms. The van der Waals surface area contributed by atoms with Crippen LogP contribution < -0.4 is 10.6 Å². The standard InChI is InChI=1S/C15H20FN5/c1-3-17-15(19-11-13-8-9-20-21(13)2)18-10-12-6-4-5-7-14(12)16/h4-9H,3,10-11H2,1-2H3,(H2,17,18,19). The second kappa shape index (κ2) is 7.42. The van der Waals surface area contributed by atoms with Crippen molar-refractivity contribution in [1.29, 1.82) is 0 Å². The van der Waals surface area contributed by atoms with E-state index < -0.39 is 0 Å². The summed E-state index contributed by atoms with van der Waals surface area (Å²) in [6.07, 6.45) is 1.75. The Bertz CT molecular complexity index is 606. The Kier molecular flexibility index (Phi) is 5.31. The molecule has 0 radical (unpaired) electrons. The lowest BCUT2D eigenvalue weighted by Gasteiger charge is -2.11. The molecule has 5 nitrogen and oxygen atoms in total. The quantitative estimate of drug-likeness (QED) is 0.652. The monoisotopic (exact) mass is 289 g/mol. The molecule has 0 fully saturated rings. The van der Waals surface area contributed by atoms with Gasteiger partial charge >= 0.3 is 0 Å². The first-order valence-corrected chi connectivity index (χ1v) is 6.93. The van der Waals surface area contributed by atoms with Gasteiger partial charge in [-0.2, -0.15) is 5.10 Å². The first kappa shape index (κ1) is 15.0. The van der Waals surface area contributed by atoms with E-state index in [2.05, 4.69) is 20.7 Å². The molecule has 0 aliphatic rings. The number of benzene rings is 1. The smallest absolute Gasteiger partial charge is 0.191 e. The third-order valence-electron chi connectivity index (χ3n) is 3.07. The Labute approximate surface area is 123 Å². The van der Waals surface area contributed by atoms with Crippen LogP contribution in [0, 0.1) is 5.82 Å². The molecule has 0 amide bonds. The third kappa shape index (κ3) is 4.30. The van der Waals surface area contributed by atoms with Crippen molar-refractivity contribution in [1.82, 2.24) is 20.4 Å². The Hall–Kier alpha value is -2.37. The van der Waals surface area contributed by atoms with E-state index in [4.69, 9.17) is 0 Å². The van der Waals surface area contributed by atoms with Gasteiger partial charge in [-0.25, -0.2) is 9.38 Å². The largest absolute Gasteiger partial charge is 0.357 e. The highest BCUT2D eigenvalue weighted by molar-refractivity contribution is 5.79. The fourth-order valence-corrected chi connectivity index (χ4v) is 1.88. The minimum absolute atomic E-state index is 0.233. The van der Waals surface area contributed by atoms with E-state index in [1.807, 2.05) is 26.1 Å². The van der Waals surface area contributed by atoms with Crippen LogP contribution in [0.4, 0.5) is 4.39 Å². The van der Waals surface area contributed by atoms with E-state index in [-0.39, 0.29) is 5.82 Å². The molecule has 112 valence electrons. The van der Waals surface area contributed by atoms with E-state index in [0.717, 1.165) is 12.2 Å². The number of rotatable bonds is 5. The number of halogens is 1. The van der Waals surface area contributed by atoms with Crippen LogP contribution in [0.1, 0.15) is 18.2 Å². The molecule has 0 saturated carbocycles. The lowest BCUT2D eigenvalue weighted by molar-refractivity contribution is 0.610. The maximum absolute atomic E-state index is 13.6. The summed E-state index contributed by atoms with van der Waals surface area (Å²) in [5.74, 6) is 0.422. The first-order valence-electron chi connectivity index (χ1n) is 6.93. The van der Waals surface area contributed by atoms with Crippen LogP contribution in [0.3, 0.4) is 0 Å². The second-order valence-electron chi connectivity index (χ2n) is 4.59.